The highest BCUT2D eigenvalue weighted by molar-refractivity contribution is 7.89. The third-order valence-electron chi connectivity index (χ3n) is 2.67. The maximum atomic E-state index is 12.1. The summed E-state index contributed by atoms with van der Waals surface area (Å²) in [4.78, 5) is 0.130. The number of sulfonamides is 1. The summed E-state index contributed by atoms with van der Waals surface area (Å²) in [5.74, 6) is 0. The van der Waals surface area contributed by atoms with Gasteiger partial charge in [-0.3, -0.25) is 0 Å². The first-order valence-corrected chi connectivity index (χ1v) is 7.62. The summed E-state index contributed by atoms with van der Waals surface area (Å²) >= 11 is 5.76. The van der Waals surface area contributed by atoms with Crippen LogP contribution in [0.2, 0.25) is 5.02 Å². The summed E-state index contributed by atoms with van der Waals surface area (Å²) in [7, 11) is -3.59. The van der Waals surface area contributed by atoms with Gasteiger partial charge in [0.1, 0.15) is 0 Å². The Bertz CT molecular complexity index is 732. The first-order chi connectivity index (χ1) is 9.51. The predicted octanol–water partition coefficient (Wildman–Crippen LogP) is 2.69. The van der Waals surface area contributed by atoms with Crippen LogP contribution >= 0.6 is 11.6 Å². The Balaban J connectivity index is 2.10. The van der Waals surface area contributed by atoms with Crippen LogP contribution in [0.3, 0.4) is 0 Å². The van der Waals surface area contributed by atoms with Crippen LogP contribution in [0.5, 0.6) is 0 Å². The highest BCUT2D eigenvalue weighted by Gasteiger charge is 2.13. The lowest BCUT2D eigenvalue weighted by Crippen LogP contribution is -2.23. The summed E-state index contributed by atoms with van der Waals surface area (Å²) in [6, 6.07) is 14.6. The van der Waals surface area contributed by atoms with E-state index in [1.165, 1.54) is 24.3 Å². The zero-order valence-electron chi connectivity index (χ0n) is 10.4. The largest absolute Gasteiger partial charge is 0.240 e. The molecule has 0 saturated heterocycles. The fourth-order valence-electron chi connectivity index (χ4n) is 1.57. The Morgan fingerprint density at radius 2 is 1.65 bits per heavy atom. The second kappa shape index (κ2) is 6.06. The van der Waals surface area contributed by atoms with Gasteiger partial charge >= 0.3 is 0 Å². The lowest BCUT2D eigenvalue weighted by Gasteiger charge is -2.07. The molecule has 1 N–H and O–H groups in total. The number of rotatable bonds is 4. The molecule has 0 aliphatic carbocycles. The van der Waals surface area contributed by atoms with E-state index in [1.807, 2.05) is 6.07 Å². The van der Waals surface area contributed by atoms with E-state index in [2.05, 4.69) is 4.72 Å². The van der Waals surface area contributed by atoms with Crippen molar-refractivity contribution < 1.29 is 8.42 Å². The van der Waals surface area contributed by atoms with Crippen molar-refractivity contribution >= 4 is 21.6 Å². The molecule has 20 heavy (non-hydrogen) atoms. The van der Waals surface area contributed by atoms with E-state index in [0.717, 1.165) is 5.56 Å². The molecule has 0 amide bonds. The van der Waals surface area contributed by atoms with Crippen LogP contribution in [0.1, 0.15) is 11.1 Å². The second-order valence-corrected chi connectivity index (χ2v) is 6.29. The van der Waals surface area contributed by atoms with Crippen molar-refractivity contribution in [3.05, 3.63) is 64.7 Å². The van der Waals surface area contributed by atoms with E-state index in [-0.39, 0.29) is 11.4 Å². The van der Waals surface area contributed by atoms with Crippen molar-refractivity contribution in [1.82, 2.24) is 4.72 Å². The lowest BCUT2D eigenvalue weighted by atomic mass is 10.2. The van der Waals surface area contributed by atoms with Gasteiger partial charge < -0.3 is 0 Å². The average Bonchev–Trinajstić information content (AvgIpc) is 2.47. The fourth-order valence-corrected chi connectivity index (χ4v) is 2.72. The van der Waals surface area contributed by atoms with Crippen LogP contribution in [0.4, 0.5) is 0 Å². The van der Waals surface area contributed by atoms with E-state index in [9.17, 15) is 8.42 Å². The molecule has 2 aromatic rings. The summed E-state index contributed by atoms with van der Waals surface area (Å²) < 4.78 is 26.6. The quantitative estimate of drug-likeness (QED) is 0.944. The Morgan fingerprint density at radius 1 is 1.05 bits per heavy atom. The minimum atomic E-state index is -3.59. The van der Waals surface area contributed by atoms with Crippen LogP contribution < -0.4 is 4.72 Å². The zero-order valence-corrected chi connectivity index (χ0v) is 11.9. The topological polar surface area (TPSA) is 70.0 Å². The predicted molar refractivity (Wildman–Crippen MR) is 76.6 cm³/mol. The molecule has 0 spiro atoms. The summed E-state index contributed by atoms with van der Waals surface area (Å²) in [6.07, 6.45) is 0. The molecule has 0 aliphatic heterocycles. The van der Waals surface area contributed by atoms with Gasteiger partial charge in [0, 0.05) is 11.6 Å². The highest BCUT2D eigenvalue weighted by atomic mass is 35.5. The average molecular weight is 307 g/mol. The number of benzene rings is 2. The van der Waals surface area contributed by atoms with Crippen molar-refractivity contribution in [2.45, 2.75) is 11.4 Å². The molecule has 2 rings (SSSR count). The third kappa shape index (κ3) is 3.58. The molecule has 6 heteroatoms. The number of nitrogens with zero attached hydrogens (tertiary/aromatic N) is 1. The molecule has 0 fully saturated rings. The number of hydrogen-bond donors (Lipinski definition) is 1. The van der Waals surface area contributed by atoms with Crippen LogP contribution in [0.25, 0.3) is 0 Å². The maximum absolute atomic E-state index is 12.1. The molecule has 0 heterocycles. The standard InChI is InChI=1S/C14H11ClN2O2S/c15-13-5-1-12(2-6-13)10-17-20(18,19)14-7-3-11(9-16)4-8-14/h1-8,17H,10H2. The van der Waals surface area contributed by atoms with Gasteiger partial charge in [-0.1, -0.05) is 23.7 Å². The Labute approximate surface area is 122 Å². The molecule has 102 valence electrons. The van der Waals surface area contributed by atoms with Crippen LogP contribution in [-0.2, 0) is 16.6 Å². The van der Waals surface area contributed by atoms with E-state index < -0.39 is 10.0 Å². The smallest absolute Gasteiger partial charge is 0.207 e. The van der Waals surface area contributed by atoms with E-state index in [0.29, 0.717) is 10.6 Å². The SMILES string of the molecule is N#Cc1ccc(S(=O)(=O)NCc2ccc(Cl)cc2)cc1. The molecule has 0 aliphatic rings. The molecule has 0 unspecified atom stereocenters. The highest BCUT2D eigenvalue weighted by Crippen LogP contribution is 2.12. The van der Waals surface area contributed by atoms with Crippen LogP contribution in [0.15, 0.2) is 53.4 Å². The molecular weight excluding hydrogens is 296 g/mol. The van der Waals surface area contributed by atoms with Crippen LogP contribution in [-0.4, -0.2) is 8.42 Å². The molecule has 0 bridgehead atoms. The second-order valence-electron chi connectivity index (χ2n) is 4.09. The Morgan fingerprint density at radius 3 is 2.20 bits per heavy atom. The fraction of sp³-hybridized carbons (Fsp3) is 0.0714. The van der Waals surface area contributed by atoms with Gasteiger partial charge in [-0.25, -0.2) is 13.1 Å². The lowest BCUT2D eigenvalue weighted by molar-refractivity contribution is 0.581. The van der Waals surface area contributed by atoms with E-state index in [4.69, 9.17) is 16.9 Å². The first kappa shape index (κ1) is 14.5. The monoisotopic (exact) mass is 306 g/mol. The first-order valence-electron chi connectivity index (χ1n) is 5.75. The van der Waals surface area contributed by atoms with Gasteiger partial charge in [0.2, 0.25) is 10.0 Å². The Kier molecular flexibility index (Phi) is 4.40. The molecule has 0 radical (unpaired) electrons. The van der Waals surface area contributed by atoms with Crippen molar-refractivity contribution in [1.29, 1.82) is 5.26 Å². The molecule has 4 nitrogen and oxygen atoms in total. The van der Waals surface area contributed by atoms with Gasteiger partial charge in [0.15, 0.2) is 0 Å². The van der Waals surface area contributed by atoms with Crippen LogP contribution in [0, 0.1) is 11.3 Å². The number of halogens is 1. The minimum absolute atomic E-state index is 0.130. The summed E-state index contributed by atoms with van der Waals surface area (Å²) in [5, 5.41) is 9.28. The van der Waals surface area contributed by atoms with E-state index in [1.54, 1.807) is 24.3 Å². The minimum Gasteiger partial charge on any atom is -0.207 e. The van der Waals surface area contributed by atoms with Crippen molar-refractivity contribution in [2.75, 3.05) is 0 Å². The van der Waals surface area contributed by atoms with E-state index >= 15 is 0 Å². The van der Waals surface area contributed by atoms with Crippen molar-refractivity contribution in [3.8, 4) is 6.07 Å². The van der Waals surface area contributed by atoms with Gasteiger partial charge in [-0.15, -0.1) is 0 Å². The van der Waals surface area contributed by atoms with Crippen molar-refractivity contribution in [3.63, 3.8) is 0 Å². The molecule has 2 aromatic carbocycles. The summed E-state index contributed by atoms with van der Waals surface area (Å²) in [5.41, 5.74) is 1.23. The molecule has 0 aromatic heterocycles. The molecular formula is C14H11ClN2O2S. The summed E-state index contributed by atoms with van der Waals surface area (Å²) in [6.45, 7) is 0.180. The van der Waals surface area contributed by atoms with Crippen molar-refractivity contribution in [2.24, 2.45) is 0 Å². The number of nitrogens with one attached hydrogen (secondary N) is 1. The normalized spacial score (nSPS) is 11.0. The molecule has 0 atom stereocenters. The number of nitriles is 1. The zero-order chi connectivity index (χ0) is 14.6. The Hall–Kier alpha value is -1.87. The maximum Gasteiger partial charge on any atom is 0.240 e. The third-order valence-corrected chi connectivity index (χ3v) is 4.34. The van der Waals surface area contributed by atoms with Gasteiger partial charge in [-0.05, 0) is 42.0 Å². The number of hydrogen-bond acceptors (Lipinski definition) is 3. The molecule has 0 saturated carbocycles. The van der Waals surface area contributed by atoms with Gasteiger partial charge in [0.05, 0.1) is 16.5 Å². The van der Waals surface area contributed by atoms with Gasteiger partial charge in [0.25, 0.3) is 0 Å². The van der Waals surface area contributed by atoms with Gasteiger partial charge in [-0.2, -0.15) is 5.26 Å².